The summed E-state index contributed by atoms with van der Waals surface area (Å²) in [6.07, 6.45) is 3.16. The molecule has 5 heteroatoms. The molecular formula is C13H19NO3S. The zero-order valence-corrected chi connectivity index (χ0v) is 11.7. The highest BCUT2D eigenvalue weighted by molar-refractivity contribution is 7.80. The van der Waals surface area contributed by atoms with Crippen molar-refractivity contribution in [1.29, 1.82) is 0 Å². The number of nitrogens with zero attached hydrogens (tertiary/aromatic N) is 1. The summed E-state index contributed by atoms with van der Waals surface area (Å²) in [7, 11) is 0. The van der Waals surface area contributed by atoms with Gasteiger partial charge in [0.25, 0.3) is 5.69 Å². The summed E-state index contributed by atoms with van der Waals surface area (Å²) in [5, 5.41) is 10.8. The second-order valence-electron chi connectivity index (χ2n) is 4.29. The Labute approximate surface area is 113 Å². The number of benzene rings is 1. The van der Waals surface area contributed by atoms with Gasteiger partial charge in [-0.05, 0) is 50.5 Å². The molecule has 0 fully saturated rings. The van der Waals surface area contributed by atoms with E-state index < -0.39 is 0 Å². The van der Waals surface area contributed by atoms with Crippen molar-refractivity contribution in [3.63, 3.8) is 0 Å². The van der Waals surface area contributed by atoms with Crippen LogP contribution in [0.4, 0.5) is 5.69 Å². The minimum atomic E-state index is -0.362. The first kappa shape index (κ1) is 14.8. The molecule has 4 nitrogen and oxygen atoms in total. The number of thiol groups is 1. The van der Waals surface area contributed by atoms with Gasteiger partial charge in [-0.15, -0.1) is 0 Å². The van der Waals surface area contributed by atoms with Crippen molar-refractivity contribution in [2.45, 2.75) is 33.1 Å². The smallest absolute Gasteiger partial charge is 0.272 e. The maximum Gasteiger partial charge on any atom is 0.272 e. The van der Waals surface area contributed by atoms with Crippen LogP contribution in [0, 0.1) is 24.0 Å². The number of hydrogen-bond acceptors (Lipinski definition) is 4. The first-order valence-electron chi connectivity index (χ1n) is 6.05. The van der Waals surface area contributed by atoms with Crippen LogP contribution in [0.3, 0.4) is 0 Å². The van der Waals surface area contributed by atoms with Gasteiger partial charge in [-0.3, -0.25) is 10.1 Å². The Morgan fingerprint density at radius 3 is 2.56 bits per heavy atom. The van der Waals surface area contributed by atoms with Gasteiger partial charge in [0.2, 0.25) is 0 Å². The Bertz CT molecular complexity index is 421. The van der Waals surface area contributed by atoms with Gasteiger partial charge >= 0.3 is 0 Å². The maximum absolute atomic E-state index is 10.8. The summed E-state index contributed by atoms with van der Waals surface area (Å²) in [6.45, 7) is 4.20. The Morgan fingerprint density at radius 1 is 1.22 bits per heavy atom. The Hall–Kier alpha value is -1.23. The van der Waals surface area contributed by atoms with Gasteiger partial charge < -0.3 is 4.74 Å². The molecule has 0 unspecified atom stereocenters. The molecule has 0 aliphatic carbocycles. The van der Waals surface area contributed by atoms with E-state index in [0.717, 1.165) is 36.3 Å². The molecule has 0 N–H and O–H groups in total. The Balaban J connectivity index is 2.62. The molecular weight excluding hydrogens is 250 g/mol. The van der Waals surface area contributed by atoms with Crippen LogP contribution in [0.5, 0.6) is 5.75 Å². The first-order chi connectivity index (χ1) is 8.56. The summed E-state index contributed by atoms with van der Waals surface area (Å²) >= 11 is 4.15. The second kappa shape index (κ2) is 7.26. The van der Waals surface area contributed by atoms with Gasteiger partial charge in [-0.2, -0.15) is 12.6 Å². The van der Waals surface area contributed by atoms with Crippen LogP contribution in [0.25, 0.3) is 0 Å². The van der Waals surface area contributed by atoms with Crippen LogP contribution in [-0.4, -0.2) is 17.3 Å². The number of hydrogen-bond donors (Lipinski definition) is 1. The van der Waals surface area contributed by atoms with Gasteiger partial charge in [-0.1, -0.05) is 0 Å². The molecule has 0 spiro atoms. The predicted octanol–water partition coefficient (Wildman–Crippen LogP) is 3.69. The van der Waals surface area contributed by atoms with Crippen molar-refractivity contribution in [3.8, 4) is 5.75 Å². The van der Waals surface area contributed by atoms with Gasteiger partial charge in [0.1, 0.15) is 5.75 Å². The van der Waals surface area contributed by atoms with Crippen molar-refractivity contribution in [2.75, 3.05) is 12.4 Å². The summed E-state index contributed by atoms with van der Waals surface area (Å²) < 4.78 is 5.65. The number of ether oxygens (including phenoxy) is 1. The molecule has 0 aliphatic rings. The third-order valence-electron chi connectivity index (χ3n) is 2.75. The van der Waals surface area contributed by atoms with Crippen LogP contribution in [0.15, 0.2) is 12.1 Å². The van der Waals surface area contributed by atoms with Crippen LogP contribution < -0.4 is 4.74 Å². The molecule has 1 aromatic carbocycles. The molecule has 100 valence electrons. The quantitative estimate of drug-likeness (QED) is 0.355. The Morgan fingerprint density at radius 2 is 1.94 bits per heavy atom. The normalized spacial score (nSPS) is 10.4. The fourth-order valence-electron chi connectivity index (χ4n) is 1.70. The van der Waals surface area contributed by atoms with Gasteiger partial charge in [0, 0.05) is 11.6 Å². The molecule has 0 atom stereocenters. The topological polar surface area (TPSA) is 52.4 Å². The second-order valence-corrected chi connectivity index (χ2v) is 4.74. The third kappa shape index (κ3) is 4.22. The maximum atomic E-state index is 10.8. The largest absolute Gasteiger partial charge is 0.493 e. The molecule has 0 bridgehead atoms. The van der Waals surface area contributed by atoms with Crippen molar-refractivity contribution in [3.05, 3.63) is 33.4 Å². The lowest BCUT2D eigenvalue weighted by atomic mass is 10.1. The summed E-state index contributed by atoms with van der Waals surface area (Å²) in [6, 6.07) is 3.31. The summed E-state index contributed by atoms with van der Waals surface area (Å²) in [4.78, 5) is 10.4. The molecule has 0 aliphatic heterocycles. The monoisotopic (exact) mass is 269 g/mol. The number of unbranched alkanes of at least 4 members (excludes halogenated alkanes) is 2. The van der Waals surface area contributed by atoms with Crippen LogP contribution >= 0.6 is 12.6 Å². The molecule has 0 saturated heterocycles. The zero-order valence-electron chi connectivity index (χ0n) is 10.8. The van der Waals surface area contributed by atoms with E-state index >= 15 is 0 Å². The molecule has 0 radical (unpaired) electrons. The van der Waals surface area contributed by atoms with E-state index in [2.05, 4.69) is 12.6 Å². The van der Waals surface area contributed by atoms with Crippen molar-refractivity contribution >= 4 is 18.3 Å². The number of aryl methyl sites for hydroxylation is 2. The van der Waals surface area contributed by atoms with Crippen LogP contribution in [-0.2, 0) is 0 Å². The highest BCUT2D eigenvalue weighted by atomic mass is 32.1. The van der Waals surface area contributed by atoms with E-state index in [4.69, 9.17) is 4.74 Å². The lowest BCUT2D eigenvalue weighted by Gasteiger charge is -2.10. The fraction of sp³-hybridized carbons (Fsp3) is 0.538. The van der Waals surface area contributed by atoms with E-state index in [1.54, 1.807) is 19.1 Å². The van der Waals surface area contributed by atoms with E-state index in [0.29, 0.717) is 12.2 Å². The molecule has 0 aromatic heterocycles. The van der Waals surface area contributed by atoms with Crippen molar-refractivity contribution < 1.29 is 9.66 Å². The Kier molecular flexibility index (Phi) is 5.98. The molecule has 18 heavy (non-hydrogen) atoms. The van der Waals surface area contributed by atoms with E-state index in [1.807, 2.05) is 6.92 Å². The average molecular weight is 269 g/mol. The van der Waals surface area contributed by atoms with Crippen molar-refractivity contribution in [1.82, 2.24) is 0 Å². The third-order valence-corrected chi connectivity index (χ3v) is 3.07. The lowest BCUT2D eigenvalue weighted by molar-refractivity contribution is -0.385. The molecule has 0 amide bonds. The number of nitro groups is 1. The highest BCUT2D eigenvalue weighted by Crippen LogP contribution is 2.27. The molecule has 0 saturated carbocycles. The predicted molar refractivity (Wildman–Crippen MR) is 75.8 cm³/mol. The van der Waals surface area contributed by atoms with Crippen molar-refractivity contribution in [2.24, 2.45) is 0 Å². The number of rotatable bonds is 7. The fourth-order valence-corrected chi connectivity index (χ4v) is 1.92. The standard InChI is InChI=1S/C13H19NO3S/c1-10-9-13(17-6-4-3-5-7-18)11(2)8-12(10)14(15)16/h8-9,18H,3-7H2,1-2H3. The van der Waals surface area contributed by atoms with E-state index in [9.17, 15) is 10.1 Å². The van der Waals surface area contributed by atoms with E-state index in [-0.39, 0.29) is 10.6 Å². The van der Waals surface area contributed by atoms with Crippen LogP contribution in [0.1, 0.15) is 30.4 Å². The van der Waals surface area contributed by atoms with Gasteiger partial charge in [0.15, 0.2) is 0 Å². The number of nitro benzene ring substituents is 1. The van der Waals surface area contributed by atoms with E-state index in [1.165, 1.54) is 0 Å². The summed E-state index contributed by atoms with van der Waals surface area (Å²) in [5.74, 6) is 1.64. The minimum Gasteiger partial charge on any atom is -0.493 e. The SMILES string of the molecule is Cc1cc([N+](=O)[O-])c(C)cc1OCCCCCS. The first-order valence-corrected chi connectivity index (χ1v) is 6.68. The van der Waals surface area contributed by atoms with Gasteiger partial charge in [0.05, 0.1) is 11.5 Å². The van der Waals surface area contributed by atoms with Crippen LogP contribution in [0.2, 0.25) is 0 Å². The molecule has 1 rings (SSSR count). The zero-order chi connectivity index (χ0) is 13.5. The minimum absolute atomic E-state index is 0.148. The average Bonchev–Trinajstić information content (AvgIpc) is 2.32. The molecule has 0 heterocycles. The van der Waals surface area contributed by atoms with Gasteiger partial charge in [-0.25, -0.2) is 0 Å². The highest BCUT2D eigenvalue weighted by Gasteiger charge is 2.13. The lowest BCUT2D eigenvalue weighted by Crippen LogP contribution is -2.01. The molecule has 1 aromatic rings. The summed E-state index contributed by atoms with van der Waals surface area (Å²) in [5.41, 5.74) is 1.59.